The van der Waals surface area contributed by atoms with Crippen molar-refractivity contribution < 1.29 is 9.90 Å². The monoisotopic (exact) mass is 328 g/mol. The van der Waals surface area contributed by atoms with Gasteiger partial charge in [-0.05, 0) is 23.8 Å². The van der Waals surface area contributed by atoms with Crippen LogP contribution in [0.3, 0.4) is 0 Å². The lowest BCUT2D eigenvalue weighted by Gasteiger charge is -2.03. The molecule has 2 aromatic heterocycles. The Kier molecular flexibility index (Phi) is 3.33. The topological polar surface area (TPSA) is 94.7 Å². The summed E-state index contributed by atoms with van der Waals surface area (Å²) in [5, 5.41) is 23.5. The second-order valence-electron chi connectivity index (χ2n) is 5.60. The largest absolute Gasteiger partial charge is 0.478 e. The maximum atomic E-state index is 11.0. The first kappa shape index (κ1) is 14.7. The molecule has 4 rings (SSSR count). The highest BCUT2D eigenvalue weighted by molar-refractivity contribution is 5.92. The van der Waals surface area contributed by atoms with Crippen LogP contribution < -0.4 is 0 Å². The lowest BCUT2D eigenvalue weighted by molar-refractivity contribution is 0.0697. The molecule has 0 bridgehead atoms. The van der Waals surface area contributed by atoms with Crippen LogP contribution in [0.4, 0.5) is 0 Å². The zero-order chi connectivity index (χ0) is 17.4. The SMILES string of the molecule is N#Cc1cc(-n2cc(C(=O)O)cn2)cc2cc(-c3ccccc3)[nH]c12. The number of nitriles is 1. The third-order valence-electron chi connectivity index (χ3n) is 4.01. The Morgan fingerprint density at radius 3 is 2.68 bits per heavy atom. The smallest absolute Gasteiger partial charge is 0.338 e. The summed E-state index contributed by atoms with van der Waals surface area (Å²) in [5.74, 6) is -1.04. The van der Waals surface area contributed by atoms with E-state index in [2.05, 4.69) is 16.2 Å². The number of carboxylic acid groups (broad SMARTS) is 1. The summed E-state index contributed by atoms with van der Waals surface area (Å²) >= 11 is 0. The minimum atomic E-state index is -1.04. The zero-order valence-corrected chi connectivity index (χ0v) is 13.0. The predicted molar refractivity (Wildman–Crippen MR) is 92.5 cm³/mol. The molecule has 6 nitrogen and oxygen atoms in total. The molecule has 0 fully saturated rings. The second-order valence-corrected chi connectivity index (χ2v) is 5.60. The van der Waals surface area contributed by atoms with Crippen molar-refractivity contribution in [2.75, 3.05) is 0 Å². The fraction of sp³-hybridized carbons (Fsp3) is 0. The average Bonchev–Trinajstić information content (AvgIpc) is 3.28. The molecule has 6 heteroatoms. The second kappa shape index (κ2) is 5.65. The van der Waals surface area contributed by atoms with Crippen LogP contribution in [0.25, 0.3) is 27.8 Å². The van der Waals surface area contributed by atoms with Crippen molar-refractivity contribution in [3.05, 3.63) is 72.1 Å². The van der Waals surface area contributed by atoms with Crippen LogP contribution in [-0.2, 0) is 0 Å². The molecule has 0 saturated carbocycles. The zero-order valence-electron chi connectivity index (χ0n) is 13.0. The molecule has 4 aromatic rings. The number of nitrogens with zero attached hydrogens (tertiary/aromatic N) is 3. The van der Waals surface area contributed by atoms with Crippen molar-refractivity contribution in [3.63, 3.8) is 0 Å². The van der Waals surface area contributed by atoms with E-state index in [1.54, 1.807) is 6.07 Å². The Hall–Kier alpha value is -3.85. The Balaban J connectivity index is 1.88. The van der Waals surface area contributed by atoms with Gasteiger partial charge in [-0.15, -0.1) is 0 Å². The summed E-state index contributed by atoms with van der Waals surface area (Å²) in [7, 11) is 0. The van der Waals surface area contributed by atoms with Gasteiger partial charge in [-0.2, -0.15) is 10.4 Å². The fourth-order valence-corrected chi connectivity index (χ4v) is 2.80. The molecule has 0 atom stereocenters. The molecule has 0 aliphatic carbocycles. The van der Waals surface area contributed by atoms with Crippen LogP contribution in [0.5, 0.6) is 0 Å². The predicted octanol–water partition coefficient (Wildman–Crippen LogP) is 3.59. The van der Waals surface area contributed by atoms with Gasteiger partial charge in [0.25, 0.3) is 0 Å². The van der Waals surface area contributed by atoms with Gasteiger partial charge in [0.1, 0.15) is 6.07 Å². The summed E-state index contributed by atoms with van der Waals surface area (Å²) in [6.07, 6.45) is 2.71. The Morgan fingerprint density at radius 1 is 1.20 bits per heavy atom. The number of fused-ring (bicyclic) bond motifs is 1. The van der Waals surface area contributed by atoms with Crippen LogP contribution >= 0.6 is 0 Å². The molecule has 0 aliphatic rings. The van der Waals surface area contributed by atoms with Gasteiger partial charge in [0.2, 0.25) is 0 Å². The number of aromatic nitrogens is 3. The summed E-state index contributed by atoms with van der Waals surface area (Å²) < 4.78 is 1.46. The van der Waals surface area contributed by atoms with E-state index in [-0.39, 0.29) is 5.56 Å². The molecule has 25 heavy (non-hydrogen) atoms. The molecule has 0 unspecified atom stereocenters. The summed E-state index contributed by atoms with van der Waals surface area (Å²) in [5.41, 5.74) is 3.89. The number of aromatic amines is 1. The van der Waals surface area contributed by atoms with Gasteiger partial charge in [0.05, 0.1) is 28.5 Å². The number of benzene rings is 2. The van der Waals surface area contributed by atoms with Gasteiger partial charge >= 0.3 is 5.97 Å². The van der Waals surface area contributed by atoms with Crippen molar-refractivity contribution in [2.24, 2.45) is 0 Å². The van der Waals surface area contributed by atoms with Crippen LogP contribution in [-0.4, -0.2) is 25.8 Å². The third-order valence-corrected chi connectivity index (χ3v) is 4.01. The quantitative estimate of drug-likeness (QED) is 0.601. The molecular weight excluding hydrogens is 316 g/mol. The lowest BCUT2D eigenvalue weighted by Crippen LogP contribution is -1.96. The van der Waals surface area contributed by atoms with Crippen molar-refractivity contribution in [1.29, 1.82) is 5.26 Å². The van der Waals surface area contributed by atoms with Gasteiger partial charge in [-0.3, -0.25) is 0 Å². The van der Waals surface area contributed by atoms with E-state index in [0.717, 1.165) is 22.2 Å². The molecule has 120 valence electrons. The van der Waals surface area contributed by atoms with Gasteiger partial charge in [0, 0.05) is 17.3 Å². The summed E-state index contributed by atoms with van der Waals surface area (Å²) in [4.78, 5) is 14.3. The number of carboxylic acids is 1. The highest BCUT2D eigenvalue weighted by Gasteiger charge is 2.12. The third kappa shape index (κ3) is 2.54. The van der Waals surface area contributed by atoms with Crippen LogP contribution in [0.1, 0.15) is 15.9 Å². The normalized spacial score (nSPS) is 10.7. The minimum Gasteiger partial charge on any atom is -0.478 e. The van der Waals surface area contributed by atoms with E-state index >= 15 is 0 Å². The van der Waals surface area contributed by atoms with Gasteiger partial charge < -0.3 is 10.1 Å². The molecule has 0 saturated heterocycles. The van der Waals surface area contributed by atoms with E-state index in [0.29, 0.717) is 11.3 Å². The number of aromatic carboxylic acids is 1. The molecule has 0 radical (unpaired) electrons. The minimum absolute atomic E-state index is 0.0950. The number of nitrogens with one attached hydrogen (secondary N) is 1. The lowest BCUT2D eigenvalue weighted by atomic mass is 10.1. The summed E-state index contributed by atoms with van der Waals surface area (Å²) in [6, 6.07) is 17.5. The van der Waals surface area contributed by atoms with E-state index < -0.39 is 5.97 Å². The number of carbonyl (C=O) groups is 1. The van der Waals surface area contributed by atoms with Gasteiger partial charge in [-0.25, -0.2) is 9.48 Å². The number of rotatable bonds is 3. The maximum absolute atomic E-state index is 11.0. The first-order chi connectivity index (χ1) is 12.2. The number of H-pyrrole nitrogens is 1. The number of hydrogen-bond acceptors (Lipinski definition) is 3. The fourth-order valence-electron chi connectivity index (χ4n) is 2.80. The number of hydrogen-bond donors (Lipinski definition) is 2. The molecule has 0 spiro atoms. The highest BCUT2D eigenvalue weighted by atomic mass is 16.4. The van der Waals surface area contributed by atoms with Crippen molar-refractivity contribution in [1.82, 2.24) is 14.8 Å². The maximum Gasteiger partial charge on any atom is 0.338 e. The highest BCUT2D eigenvalue weighted by Crippen LogP contribution is 2.28. The standard InChI is InChI=1S/C19H12N4O2/c20-9-14-7-16(23-11-15(10-21-23)19(24)25)6-13-8-17(22-18(13)14)12-4-2-1-3-5-12/h1-8,10-11,22H,(H,24,25). The van der Waals surface area contributed by atoms with Crippen molar-refractivity contribution >= 4 is 16.9 Å². The van der Waals surface area contributed by atoms with E-state index in [1.165, 1.54) is 17.1 Å². The first-order valence-corrected chi connectivity index (χ1v) is 7.56. The first-order valence-electron chi connectivity index (χ1n) is 7.56. The van der Waals surface area contributed by atoms with Crippen molar-refractivity contribution in [2.45, 2.75) is 0 Å². The Labute approximate surface area is 142 Å². The Morgan fingerprint density at radius 2 is 2.00 bits per heavy atom. The van der Waals surface area contributed by atoms with Gasteiger partial charge in [-0.1, -0.05) is 30.3 Å². The molecule has 0 aliphatic heterocycles. The molecule has 2 N–H and O–H groups in total. The van der Waals surface area contributed by atoms with Gasteiger partial charge in [0.15, 0.2) is 0 Å². The van der Waals surface area contributed by atoms with E-state index in [9.17, 15) is 10.1 Å². The van der Waals surface area contributed by atoms with E-state index in [4.69, 9.17) is 5.11 Å². The summed E-state index contributed by atoms with van der Waals surface area (Å²) in [6.45, 7) is 0. The molecule has 2 aromatic carbocycles. The van der Waals surface area contributed by atoms with E-state index in [1.807, 2.05) is 42.5 Å². The average molecular weight is 328 g/mol. The van der Waals surface area contributed by atoms with Crippen LogP contribution in [0.2, 0.25) is 0 Å². The molecule has 0 amide bonds. The van der Waals surface area contributed by atoms with Crippen molar-refractivity contribution in [3.8, 4) is 23.0 Å². The molecular formula is C19H12N4O2. The Bertz CT molecular complexity index is 1130. The van der Waals surface area contributed by atoms with Crippen LogP contribution in [0, 0.1) is 11.3 Å². The molecule has 2 heterocycles. The van der Waals surface area contributed by atoms with Crippen LogP contribution in [0.15, 0.2) is 60.9 Å².